The molecular weight excluding hydrogens is 899 g/mol. The van der Waals surface area contributed by atoms with Gasteiger partial charge in [0, 0.05) is 128 Å². The molecule has 1 saturated heterocycles. The Kier molecular flexibility index (Phi) is 25.4. The third-order valence-corrected chi connectivity index (χ3v) is 10.0. The van der Waals surface area contributed by atoms with Crippen molar-refractivity contribution in [1.29, 1.82) is 0 Å². The molecule has 0 saturated carbocycles. The number of carbonyl (C=O) groups excluding carboxylic acids is 12. The zero-order valence-electron chi connectivity index (χ0n) is 36.5. The van der Waals surface area contributed by atoms with Gasteiger partial charge in [0.1, 0.15) is 0 Å². The Morgan fingerprint density at radius 2 is 0.750 bits per heavy atom. The van der Waals surface area contributed by atoms with E-state index in [-0.39, 0.29) is 163 Å². The summed E-state index contributed by atoms with van der Waals surface area (Å²) in [6.07, 6.45) is 7.17. The van der Waals surface area contributed by atoms with Gasteiger partial charge in [0.25, 0.3) is 47.3 Å². The molecule has 0 aromatic heterocycles. The van der Waals surface area contributed by atoms with Gasteiger partial charge in [0.2, 0.25) is 17.7 Å². The van der Waals surface area contributed by atoms with Crippen LogP contribution in [0.5, 0.6) is 0 Å². The van der Waals surface area contributed by atoms with E-state index in [1.165, 1.54) is 0 Å². The first-order valence-electron chi connectivity index (χ1n) is 21.5. The van der Waals surface area contributed by atoms with Gasteiger partial charge in [0.05, 0.1) is 44.9 Å². The van der Waals surface area contributed by atoms with Gasteiger partial charge in [-0.1, -0.05) is 14.9 Å². The number of nitrogens with one attached hydrogen (secondary N) is 3. The summed E-state index contributed by atoms with van der Waals surface area (Å²) < 4.78 is 24.0. The van der Waals surface area contributed by atoms with Crippen LogP contribution >= 0.6 is 0 Å². The van der Waals surface area contributed by atoms with E-state index in [1.54, 1.807) is 0 Å². The van der Waals surface area contributed by atoms with Crippen LogP contribution in [0.1, 0.15) is 72.6 Å². The summed E-state index contributed by atoms with van der Waals surface area (Å²) >= 11 is 0. The molecule has 24 nitrogen and oxygen atoms in total. The van der Waals surface area contributed by atoms with Crippen LogP contribution in [0.2, 0.25) is 0 Å². The minimum atomic E-state index is -1.03. The van der Waals surface area contributed by atoms with E-state index in [0.29, 0.717) is 24.3 Å². The lowest BCUT2D eigenvalue weighted by atomic mass is 9.92. The highest BCUT2D eigenvalue weighted by Crippen LogP contribution is 2.22. The number of ether oxygens (including phenoxy) is 4. The molecule has 0 aliphatic carbocycles. The second-order valence-electron chi connectivity index (χ2n) is 15.4. The van der Waals surface area contributed by atoms with E-state index in [0.717, 1.165) is 51.2 Å². The minimum Gasteiger partial charge on any atom is -0.381 e. The molecule has 4 aliphatic heterocycles. The maximum absolute atomic E-state index is 12.5. The lowest BCUT2D eigenvalue weighted by Crippen LogP contribution is -2.42. The van der Waals surface area contributed by atoms with Crippen molar-refractivity contribution < 1.29 is 81.3 Å². The van der Waals surface area contributed by atoms with E-state index >= 15 is 0 Å². The highest BCUT2D eigenvalue weighted by Gasteiger charge is 2.35. The summed E-state index contributed by atoms with van der Waals surface area (Å²) in [5.74, 6) is -6.20. The van der Waals surface area contributed by atoms with Crippen LogP contribution < -0.4 is 16.0 Å². The fraction of sp³-hybridized carbons (Fsp3) is 0.591. The fourth-order valence-electron chi connectivity index (χ4n) is 6.43. The van der Waals surface area contributed by atoms with Crippen LogP contribution in [0.15, 0.2) is 36.5 Å². The van der Waals surface area contributed by atoms with E-state index in [1.807, 2.05) is 0 Å². The van der Waals surface area contributed by atoms with Gasteiger partial charge >= 0.3 is 5.97 Å². The zero-order chi connectivity index (χ0) is 47.9. The average Bonchev–Trinajstić information content (AvgIpc) is 4.00. The van der Waals surface area contributed by atoms with Crippen LogP contribution in [-0.2, 0) is 81.3 Å². The van der Waals surface area contributed by atoms with Gasteiger partial charge in [0.15, 0.2) is 0 Å². The van der Waals surface area contributed by atoms with Gasteiger partial charge in [-0.3, -0.25) is 67.4 Å². The lowest BCUT2D eigenvalue weighted by Gasteiger charge is -2.33. The molecule has 0 atom stereocenters. The summed E-state index contributed by atoms with van der Waals surface area (Å²) in [6.45, 7) is 0.509. The van der Waals surface area contributed by atoms with Crippen molar-refractivity contribution in [3.8, 4) is 0 Å². The van der Waals surface area contributed by atoms with E-state index in [4.69, 9.17) is 23.8 Å². The SMILES string of the molecule is C.C.O=C(CCN1C(=O)C=CC1=O)NCCCOCC(COCCCNC(=O)CCN1C(=O)C=CC1=O)(COCCCNC(=O)CCN1C(=O)C=CC1=O)COCCC(=O)ON1C(=O)CCC1=O. The van der Waals surface area contributed by atoms with Crippen LogP contribution in [0, 0.1) is 5.41 Å². The van der Waals surface area contributed by atoms with Crippen molar-refractivity contribution in [1.82, 2.24) is 35.7 Å². The number of imide groups is 4. The van der Waals surface area contributed by atoms with Crippen molar-refractivity contribution in [2.75, 3.05) is 92.1 Å². The van der Waals surface area contributed by atoms with Gasteiger partial charge in [-0.15, -0.1) is 5.06 Å². The standard InChI is InChI=1S/C42H55N7O17.2CH4/c50-30(12-19-46-33(53)4-5-34(46)54)43-16-1-22-62-26-42(29-65-25-15-41(61)66-49-39(59)10-11-40(49)60,27-63-23-2-17-44-31(51)13-20-47-35(55)6-7-36(47)56)28-64-24-3-18-45-32(52)14-21-48-37(57)8-9-38(48)58;;/h4-9H,1-3,10-29H2,(H,43,50)(H,44,51)(H,45,52);2*1H4. The zero-order valence-corrected chi connectivity index (χ0v) is 36.5. The molecular formula is C44H63N7O17. The predicted molar refractivity (Wildman–Crippen MR) is 235 cm³/mol. The Morgan fingerprint density at radius 1 is 0.456 bits per heavy atom. The topological polar surface area (TPSA) is 300 Å². The number of hydrogen-bond donors (Lipinski definition) is 3. The minimum absolute atomic E-state index is 0. The fourth-order valence-corrected chi connectivity index (χ4v) is 6.43. The average molecular weight is 962 g/mol. The molecule has 0 unspecified atom stereocenters. The van der Waals surface area contributed by atoms with Gasteiger partial charge < -0.3 is 39.7 Å². The van der Waals surface area contributed by atoms with Gasteiger partial charge in [-0.05, 0) is 19.3 Å². The Bertz CT molecular complexity index is 1710. The van der Waals surface area contributed by atoms with E-state index in [9.17, 15) is 57.5 Å². The molecule has 376 valence electrons. The summed E-state index contributed by atoms with van der Waals surface area (Å²) in [5.41, 5.74) is -1.03. The monoisotopic (exact) mass is 961 g/mol. The maximum Gasteiger partial charge on any atom is 0.335 e. The van der Waals surface area contributed by atoms with E-state index in [2.05, 4.69) is 16.0 Å². The molecule has 3 N–H and O–H groups in total. The first-order chi connectivity index (χ1) is 31.7. The van der Waals surface area contributed by atoms with Crippen molar-refractivity contribution in [2.45, 2.75) is 72.6 Å². The molecule has 11 amide bonds. The quantitative estimate of drug-likeness (QED) is 0.0513. The normalized spacial score (nSPS) is 15.5. The van der Waals surface area contributed by atoms with Crippen LogP contribution in [0.25, 0.3) is 0 Å². The van der Waals surface area contributed by atoms with Crippen LogP contribution in [0.3, 0.4) is 0 Å². The Hall–Kier alpha value is -6.50. The molecule has 24 heteroatoms. The molecule has 68 heavy (non-hydrogen) atoms. The largest absolute Gasteiger partial charge is 0.381 e. The van der Waals surface area contributed by atoms with Crippen molar-refractivity contribution in [3.63, 3.8) is 0 Å². The van der Waals surface area contributed by atoms with E-state index < -0.39 is 58.6 Å². The van der Waals surface area contributed by atoms with Crippen molar-refractivity contribution in [3.05, 3.63) is 36.5 Å². The molecule has 0 spiro atoms. The number of hydroxylamine groups is 2. The second-order valence-corrected chi connectivity index (χ2v) is 15.4. The molecule has 0 aromatic rings. The van der Waals surface area contributed by atoms with Crippen LogP contribution in [0.4, 0.5) is 0 Å². The summed E-state index contributed by atoms with van der Waals surface area (Å²) in [7, 11) is 0. The Morgan fingerprint density at radius 3 is 1.06 bits per heavy atom. The Balaban J connectivity index is 0.00000793. The predicted octanol–water partition coefficient (Wildman–Crippen LogP) is -1.23. The van der Waals surface area contributed by atoms with Crippen LogP contribution in [-0.4, -0.2) is 183 Å². The first-order valence-corrected chi connectivity index (χ1v) is 21.5. The van der Waals surface area contributed by atoms with Crippen molar-refractivity contribution >= 4 is 70.9 Å². The Labute approximate surface area is 394 Å². The number of rotatable bonds is 33. The third kappa shape index (κ3) is 19.4. The molecule has 1 fully saturated rings. The maximum atomic E-state index is 12.5. The summed E-state index contributed by atoms with van der Waals surface area (Å²) in [4.78, 5) is 152. The number of carbonyl (C=O) groups is 12. The molecule has 0 bridgehead atoms. The second kappa shape index (κ2) is 30.0. The van der Waals surface area contributed by atoms with Crippen molar-refractivity contribution in [2.24, 2.45) is 5.41 Å². The highest BCUT2D eigenvalue weighted by molar-refractivity contribution is 6.14. The molecule has 4 rings (SSSR count). The summed E-state index contributed by atoms with van der Waals surface area (Å²) in [5, 5.41) is 8.57. The highest BCUT2D eigenvalue weighted by atomic mass is 16.7. The molecule has 4 heterocycles. The molecule has 0 aromatic carbocycles. The molecule has 0 radical (unpaired) electrons. The smallest absolute Gasteiger partial charge is 0.335 e. The lowest BCUT2D eigenvalue weighted by molar-refractivity contribution is -0.198. The molecule has 4 aliphatic rings. The first kappa shape index (κ1) is 57.6. The number of hydrogen-bond acceptors (Lipinski definition) is 17. The third-order valence-electron chi connectivity index (χ3n) is 10.0. The number of amides is 11. The number of nitrogens with zero attached hydrogens (tertiary/aromatic N) is 4. The van der Waals surface area contributed by atoms with Gasteiger partial charge in [-0.25, -0.2) is 4.79 Å². The van der Waals surface area contributed by atoms with Gasteiger partial charge in [-0.2, -0.15) is 0 Å². The summed E-state index contributed by atoms with van der Waals surface area (Å²) in [6, 6.07) is 0.